The molecule has 2 atom stereocenters. The molecule has 0 bridgehead atoms. The SMILES string of the molecule is N#Cc1cn(C[C@H]2C[C@@H]2C(=O)O)c2ccccc12. The molecule has 4 heteroatoms. The van der Waals surface area contributed by atoms with Gasteiger partial charge in [-0.05, 0) is 18.4 Å². The molecule has 90 valence electrons. The number of para-hydroxylation sites is 1. The third-order valence-electron chi connectivity index (χ3n) is 3.58. The van der Waals surface area contributed by atoms with E-state index in [-0.39, 0.29) is 11.8 Å². The highest BCUT2D eigenvalue weighted by Crippen LogP contribution is 2.40. The number of benzene rings is 1. The number of nitriles is 1. The van der Waals surface area contributed by atoms with Crippen LogP contribution in [-0.2, 0) is 11.3 Å². The Morgan fingerprint density at radius 2 is 2.28 bits per heavy atom. The van der Waals surface area contributed by atoms with E-state index in [1.807, 2.05) is 35.0 Å². The van der Waals surface area contributed by atoms with Gasteiger partial charge in [-0.3, -0.25) is 4.79 Å². The molecule has 1 aliphatic rings. The van der Waals surface area contributed by atoms with E-state index in [1.165, 1.54) is 0 Å². The Hall–Kier alpha value is -2.28. The number of hydrogen-bond acceptors (Lipinski definition) is 2. The van der Waals surface area contributed by atoms with Gasteiger partial charge in [-0.25, -0.2) is 0 Å². The monoisotopic (exact) mass is 240 g/mol. The fourth-order valence-electron chi connectivity index (χ4n) is 2.49. The van der Waals surface area contributed by atoms with Crippen molar-refractivity contribution in [3.8, 4) is 6.07 Å². The molecule has 1 heterocycles. The lowest BCUT2D eigenvalue weighted by atomic mass is 10.2. The Morgan fingerprint density at radius 3 is 2.94 bits per heavy atom. The summed E-state index contributed by atoms with van der Waals surface area (Å²) in [7, 11) is 0. The number of fused-ring (bicyclic) bond motifs is 1. The maximum absolute atomic E-state index is 10.8. The molecule has 1 aliphatic carbocycles. The minimum atomic E-state index is -0.711. The van der Waals surface area contributed by atoms with Crippen LogP contribution in [0.4, 0.5) is 0 Å². The van der Waals surface area contributed by atoms with Crippen molar-refractivity contribution in [2.75, 3.05) is 0 Å². The molecule has 0 aliphatic heterocycles. The van der Waals surface area contributed by atoms with Crippen molar-refractivity contribution in [2.24, 2.45) is 11.8 Å². The highest BCUT2D eigenvalue weighted by molar-refractivity contribution is 5.86. The number of carboxylic acids is 1. The van der Waals surface area contributed by atoms with Gasteiger partial charge in [0.05, 0.1) is 11.5 Å². The zero-order valence-electron chi connectivity index (χ0n) is 9.71. The van der Waals surface area contributed by atoms with Gasteiger partial charge < -0.3 is 9.67 Å². The van der Waals surface area contributed by atoms with Crippen molar-refractivity contribution >= 4 is 16.9 Å². The van der Waals surface area contributed by atoms with E-state index in [4.69, 9.17) is 10.4 Å². The molecule has 0 unspecified atom stereocenters. The lowest BCUT2D eigenvalue weighted by Crippen LogP contribution is -2.04. The topological polar surface area (TPSA) is 66.0 Å². The van der Waals surface area contributed by atoms with E-state index >= 15 is 0 Å². The molecule has 2 aromatic rings. The van der Waals surface area contributed by atoms with Crippen LogP contribution in [0.15, 0.2) is 30.5 Å². The third kappa shape index (κ3) is 1.65. The Bertz CT molecular complexity index is 666. The molecule has 1 aromatic heterocycles. The van der Waals surface area contributed by atoms with Gasteiger partial charge in [-0.2, -0.15) is 5.26 Å². The molecule has 18 heavy (non-hydrogen) atoms. The summed E-state index contributed by atoms with van der Waals surface area (Å²) in [5, 5.41) is 18.9. The normalized spacial score (nSPS) is 21.7. The van der Waals surface area contributed by atoms with Crippen LogP contribution in [0, 0.1) is 23.2 Å². The lowest BCUT2D eigenvalue weighted by Gasteiger charge is -2.03. The first-order valence-electron chi connectivity index (χ1n) is 5.91. The van der Waals surface area contributed by atoms with Gasteiger partial charge >= 0.3 is 5.97 Å². The molecule has 3 rings (SSSR count). The summed E-state index contributed by atoms with van der Waals surface area (Å²) in [6.07, 6.45) is 2.56. The highest BCUT2D eigenvalue weighted by Gasteiger charge is 2.43. The minimum absolute atomic E-state index is 0.199. The second kappa shape index (κ2) is 3.88. The first-order chi connectivity index (χ1) is 8.70. The van der Waals surface area contributed by atoms with Crippen LogP contribution in [0.2, 0.25) is 0 Å². The molecule has 1 saturated carbocycles. The average Bonchev–Trinajstić information content (AvgIpc) is 3.05. The minimum Gasteiger partial charge on any atom is -0.481 e. The zero-order valence-corrected chi connectivity index (χ0v) is 9.71. The van der Waals surface area contributed by atoms with E-state index < -0.39 is 5.97 Å². The van der Waals surface area contributed by atoms with Gasteiger partial charge in [0.15, 0.2) is 0 Å². The molecule has 1 N–H and O–H groups in total. The van der Waals surface area contributed by atoms with E-state index in [2.05, 4.69) is 6.07 Å². The number of carboxylic acid groups (broad SMARTS) is 1. The molecule has 0 spiro atoms. The lowest BCUT2D eigenvalue weighted by molar-refractivity contribution is -0.138. The van der Waals surface area contributed by atoms with Gasteiger partial charge in [-0.1, -0.05) is 18.2 Å². The van der Waals surface area contributed by atoms with Crippen LogP contribution in [-0.4, -0.2) is 15.6 Å². The number of hydrogen-bond donors (Lipinski definition) is 1. The standard InChI is InChI=1S/C14H12N2O2/c15-6-10-8-16(7-9-5-12(9)14(17)18)13-4-2-1-3-11(10)13/h1-4,8-9,12H,5,7H2,(H,17,18)/t9-,12+/m1/s1. The maximum atomic E-state index is 10.8. The van der Waals surface area contributed by atoms with Crippen LogP contribution in [0.5, 0.6) is 0 Å². The summed E-state index contributed by atoms with van der Waals surface area (Å²) >= 11 is 0. The van der Waals surface area contributed by atoms with Gasteiger partial charge in [0.2, 0.25) is 0 Å². The second-order valence-corrected chi connectivity index (χ2v) is 4.76. The van der Waals surface area contributed by atoms with Crippen LogP contribution in [0.25, 0.3) is 10.9 Å². The van der Waals surface area contributed by atoms with Crippen molar-refractivity contribution < 1.29 is 9.90 Å². The number of rotatable bonds is 3. The molecule has 0 radical (unpaired) electrons. The third-order valence-corrected chi connectivity index (χ3v) is 3.58. The molecule has 0 saturated heterocycles. The number of nitrogens with zero attached hydrogens (tertiary/aromatic N) is 2. The van der Waals surface area contributed by atoms with Crippen LogP contribution >= 0.6 is 0 Å². The van der Waals surface area contributed by atoms with Crippen LogP contribution < -0.4 is 0 Å². The van der Waals surface area contributed by atoms with E-state index in [0.717, 1.165) is 17.3 Å². The quantitative estimate of drug-likeness (QED) is 0.894. The summed E-state index contributed by atoms with van der Waals surface area (Å²) in [5.74, 6) is -0.724. The zero-order chi connectivity index (χ0) is 12.7. The van der Waals surface area contributed by atoms with E-state index in [0.29, 0.717) is 12.1 Å². The van der Waals surface area contributed by atoms with Crippen molar-refractivity contribution in [3.63, 3.8) is 0 Å². The molecule has 0 amide bonds. The number of carbonyl (C=O) groups is 1. The van der Waals surface area contributed by atoms with E-state index in [1.54, 1.807) is 0 Å². The first kappa shape index (κ1) is 10.8. The smallest absolute Gasteiger partial charge is 0.306 e. The molecule has 1 fully saturated rings. The van der Waals surface area contributed by atoms with Crippen molar-refractivity contribution in [1.29, 1.82) is 5.26 Å². The average molecular weight is 240 g/mol. The largest absolute Gasteiger partial charge is 0.481 e. The highest BCUT2D eigenvalue weighted by atomic mass is 16.4. The summed E-state index contributed by atoms with van der Waals surface area (Å²) in [5.41, 5.74) is 1.66. The van der Waals surface area contributed by atoms with Crippen molar-refractivity contribution in [2.45, 2.75) is 13.0 Å². The van der Waals surface area contributed by atoms with E-state index in [9.17, 15) is 4.79 Å². The van der Waals surface area contributed by atoms with Gasteiger partial charge in [0.25, 0.3) is 0 Å². The Labute approximate surface area is 104 Å². The predicted octanol–water partition coefficient (Wildman–Crippen LogP) is 2.23. The molecule has 4 nitrogen and oxygen atoms in total. The predicted molar refractivity (Wildman–Crippen MR) is 65.9 cm³/mol. The molecular formula is C14H12N2O2. The van der Waals surface area contributed by atoms with Crippen LogP contribution in [0.1, 0.15) is 12.0 Å². The van der Waals surface area contributed by atoms with Gasteiger partial charge in [-0.15, -0.1) is 0 Å². The first-order valence-corrected chi connectivity index (χ1v) is 5.91. The summed E-state index contributed by atoms with van der Waals surface area (Å²) in [6.45, 7) is 0.680. The molecular weight excluding hydrogens is 228 g/mol. The Kier molecular flexibility index (Phi) is 2.34. The summed E-state index contributed by atoms with van der Waals surface area (Å²) in [6, 6.07) is 9.91. The van der Waals surface area contributed by atoms with Crippen molar-refractivity contribution in [3.05, 3.63) is 36.0 Å². The second-order valence-electron chi connectivity index (χ2n) is 4.76. The van der Waals surface area contributed by atoms with Gasteiger partial charge in [0, 0.05) is 23.6 Å². The van der Waals surface area contributed by atoms with Crippen LogP contribution in [0.3, 0.4) is 0 Å². The fraction of sp³-hybridized carbons (Fsp3) is 0.286. The fourth-order valence-corrected chi connectivity index (χ4v) is 2.49. The number of aliphatic carboxylic acids is 1. The van der Waals surface area contributed by atoms with Gasteiger partial charge in [0.1, 0.15) is 6.07 Å². The Morgan fingerprint density at radius 1 is 1.50 bits per heavy atom. The Balaban J connectivity index is 1.94. The number of aromatic nitrogens is 1. The summed E-state index contributed by atoms with van der Waals surface area (Å²) in [4.78, 5) is 10.8. The summed E-state index contributed by atoms with van der Waals surface area (Å²) < 4.78 is 2.00. The van der Waals surface area contributed by atoms with Crippen molar-refractivity contribution in [1.82, 2.24) is 4.57 Å². The maximum Gasteiger partial charge on any atom is 0.306 e. The molecule has 1 aromatic carbocycles.